The Morgan fingerprint density at radius 3 is 2.48 bits per heavy atom. The lowest BCUT2D eigenvalue weighted by Gasteiger charge is -2.37. The number of rotatable bonds is 2. The molecular weight excluding hydrogens is 298 g/mol. The first-order valence-corrected chi connectivity index (χ1v) is 7.65. The van der Waals surface area contributed by atoms with Gasteiger partial charge in [-0.1, -0.05) is 12.1 Å². The summed E-state index contributed by atoms with van der Waals surface area (Å²) in [4.78, 5) is 38.6. The Hall–Kier alpha value is -2.57. The zero-order valence-electron chi connectivity index (χ0n) is 12.9. The second-order valence-electron chi connectivity index (χ2n) is 6.02. The monoisotopic (exact) mass is 317 g/mol. The molecular formula is C16H19N3O4. The van der Waals surface area contributed by atoms with Crippen LogP contribution < -0.4 is 5.73 Å². The van der Waals surface area contributed by atoms with Crippen LogP contribution in [0.3, 0.4) is 0 Å². The number of piperidine rings is 1. The van der Waals surface area contributed by atoms with Crippen molar-refractivity contribution in [2.45, 2.75) is 31.8 Å². The molecule has 3 rings (SSSR count). The number of nitrogens with two attached hydrogens (primary N) is 1. The van der Waals surface area contributed by atoms with Crippen molar-refractivity contribution in [3.8, 4) is 0 Å². The molecule has 122 valence electrons. The molecule has 1 aromatic carbocycles. The number of hydrogen-bond acceptors (Lipinski definition) is 3. The molecule has 23 heavy (non-hydrogen) atoms. The van der Waals surface area contributed by atoms with Gasteiger partial charge in [-0.25, -0.2) is 4.79 Å². The van der Waals surface area contributed by atoms with Crippen LogP contribution in [-0.2, 0) is 0 Å². The fourth-order valence-electron chi connectivity index (χ4n) is 3.63. The number of nitrogens with zero attached hydrogens (tertiary/aromatic N) is 2. The van der Waals surface area contributed by atoms with Gasteiger partial charge in [0.15, 0.2) is 0 Å². The van der Waals surface area contributed by atoms with Crippen molar-refractivity contribution in [2.75, 3.05) is 13.1 Å². The van der Waals surface area contributed by atoms with Crippen molar-refractivity contribution in [2.24, 2.45) is 5.73 Å². The summed E-state index contributed by atoms with van der Waals surface area (Å²) in [5.74, 6) is -0.791. The Morgan fingerprint density at radius 2 is 1.91 bits per heavy atom. The smallest absolute Gasteiger partial charge is 0.407 e. The Labute approximate surface area is 133 Å². The predicted molar refractivity (Wildman–Crippen MR) is 82.2 cm³/mol. The summed E-state index contributed by atoms with van der Waals surface area (Å²) in [6.07, 6.45) is 0.272. The fourth-order valence-corrected chi connectivity index (χ4v) is 3.63. The molecule has 2 aliphatic rings. The van der Waals surface area contributed by atoms with E-state index in [1.165, 1.54) is 4.90 Å². The minimum absolute atomic E-state index is 0.0266. The summed E-state index contributed by atoms with van der Waals surface area (Å²) in [5.41, 5.74) is 6.85. The highest BCUT2D eigenvalue weighted by molar-refractivity contribution is 6.09. The molecule has 3 N–H and O–H groups in total. The van der Waals surface area contributed by atoms with E-state index in [1.807, 2.05) is 13.0 Å². The van der Waals surface area contributed by atoms with Crippen LogP contribution in [0.5, 0.6) is 0 Å². The van der Waals surface area contributed by atoms with Crippen molar-refractivity contribution >= 4 is 17.9 Å². The Bertz CT molecular complexity index is 680. The number of primary amides is 1. The van der Waals surface area contributed by atoms with Gasteiger partial charge in [0.05, 0.1) is 17.2 Å². The van der Waals surface area contributed by atoms with E-state index < -0.39 is 12.0 Å². The molecule has 2 aliphatic heterocycles. The summed E-state index contributed by atoms with van der Waals surface area (Å²) in [6, 6.07) is 4.98. The van der Waals surface area contributed by atoms with Crippen LogP contribution in [0.2, 0.25) is 0 Å². The highest BCUT2D eigenvalue weighted by atomic mass is 16.4. The fraction of sp³-hybridized carbons (Fsp3) is 0.438. The van der Waals surface area contributed by atoms with E-state index in [-0.39, 0.29) is 23.6 Å². The number of carbonyl (C=O) groups is 3. The van der Waals surface area contributed by atoms with E-state index in [9.17, 15) is 14.4 Å². The maximum absolute atomic E-state index is 12.8. The van der Waals surface area contributed by atoms with E-state index in [1.54, 1.807) is 17.0 Å². The minimum atomic E-state index is -0.927. The van der Waals surface area contributed by atoms with Crippen molar-refractivity contribution in [3.05, 3.63) is 34.9 Å². The van der Waals surface area contributed by atoms with Gasteiger partial charge in [-0.2, -0.15) is 0 Å². The van der Waals surface area contributed by atoms with Crippen LogP contribution in [0.15, 0.2) is 18.2 Å². The molecule has 7 heteroatoms. The van der Waals surface area contributed by atoms with Crippen molar-refractivity contribution < 1.29 is 19.5 Å². The number of hydrogen-bond donors (Lipinski definition) is 2. The van der Waals surface area contributed by atoms with Crippen molar-refractivity contribution in [3.63, 3.8) is 0 Å². The summed E-state index contributed by atoms with van der Waals surface area (Å²) >= 11 is 0. The molecule has 7 nitrogen and oxygen atoms in total. The van der Waals surface area contributed by atoms with Gasteiger partial charge in [0, 0.05) is 19.1 Å². The molecule has 1 fully saturated rings. The molecule has 1 unspecified atom stereocenters. The maximum atomic E-state index is 12.8. The maximum Gasteiger partial charge on any atom is 0.407 e. The normalized spacial score (nSPS) is 21.4. The van der Waals surface area contributed by atoms with Crippen LogP contribution in [0.1, 0.15) is 52.1 Å². The molecule has 0 spiro atoms. The third-order valence-corrected chi connectivity index (χ3v) is 4.81. The third kappa shape index (κ3) is 2.42. The van der Waals surface area contributed by atoms with Crippen LogP contribution in [0.25, 0.3) is 0 Å². The zero-order valence-corrected chi connectivity index (χ0v) is 12.9. The minimum Gasteiger partial charge on any atom is -0.465 e. The first kappa shape index (κ1) is 15.3. The van der Waals surface area contributed by atoms with E-state index in [0.29, 0.717) is 31.5 Å². The third-order valence-electron chi connectivity index (χ3n) is 4.81. The zero-order chi connectivity index (χ0) is 16.7. The molecule has 0 aromatic heterocycles. The van der Waals surface area contributed by atoms with Gasteiger partial charge >= 0.3 is 6.09 Å². The number of benzene rings is 1. The number of carboxylic acid groups (broad SMARTS) is 1. The first-order valence-electron chi connectivity index (χ1n) is 7.65. The quantitative estimate of drug-likeness (QED) is 0.861. The van der Waals surface area contributed by atoms with Gasteiger partial charge in [0.1, 0.15) is 0 Å². The molecule has 1 aromatic rings. The molecule has 1 atom stereocenters. The molecule has 0 bridgehead atoms. The molecule has 0 aliphatic carbocycles. The van der Waals surface area contributed by atoms with Gasteiger partial charge in [0.25, 0.3) is 5.91 Å². The molecule has 0 radical (unpaired) electrons. The van der Waals surface area contributed by atoms with Crippen molar-refractivity contribution in [1.29, 1.82) is 0 Å². The summed E-state index contributed by atoms with van der Waals surface area (Å²) in [7, 11) is 0. The van der Waals surface area contributed by atoms with E-state index in [0.717, 1.165) is 5.56 Å². The molecule has 3 amide bonds. The van der Waals surface area contributed by atoms with Gasteiger partial charge in [0.2, 0.25) is 5.91 Å². The molecule has 2 heterocycles. The van der Waals surface area contributed by atoms with Gasteiger partial charge < -0.3 is 20.6 Å². The molecule has 1 saturated heterocycles. The highest BCUT2D eigenvalue weighted by Crippen LogP contribution is 2.38. The van der Waals surface area contributed by atoms with Crippen LogP contribution in [-0.4, -0.2) is 51.9 Å². The van der Waals surface area contributed by atoms with Gasteiger partial charge in [-0.3, -0.25) is 9.59 Å². The summed E-state index contributed by atoms with van der Waals surface area (Å²) < 4.78 is 0. The van der Waals surface area contributed by atoms with E-state index >= 15 is 0 Å². The Kier molecular flexibility index (Phi) is 3.71. The topological polar surface area (TPSA) is 104 Å². The summed E-state index contributed by atoms with van der Waals surface area (Å²) in [5, 5.41) is 9.03. The van der Waals surface area contributed by atoms with Gasteiger partial charge in [-0.15, -0.1) is 0 Å². The van der Waals surface area contributed by atoms with Crippen LogP contribution in [0, 0.1) is 0 Å². The Balaban J connectivity index is 1.87. The lowest BCUT2D eigenvalue weighted by atomic mass is 9.99. The first-order chi connectivity index (χ1) is 10.9. The average molecular weight is 317 g/mol. The number of amides is 3. The van der Waals surface area contributed by atoms with Gasteiger partial charge in [-0.05, 0) is 31.4 Å². The second kappa shape index (κ2) is 5.57. The number of fused-ring (bicyclic) bond motifs is 1. The van der Waals surface area contributed by atoms with E-state index in [2.05, 4.69) is 0 Å². The SMILES string of the molecule is CC1c2cccc(C(N)=O)c2C(=O)N1C1CCN(C(=O)O)CC1. The highest BCUT2D eigenvalue weighted by Gasteiger charge is 2.41. The lowest BCUT2D eigenvalue weighted by Crippen LogP contribution is -2.47. The average Bonchev–Trinajstić information content (AvgIpc) is 2.79. The second-order valence-corrected chi connectivity index (χ2v) is 6.02. The standard InChI is InChI=1S/C16H19N3O4/c1-9-11-3-2-4-12(14(17)20)13(11)15(21)19(9)10-5-7-18(8-6-10)16(22)23/h2-4,9-10H,5-8H2,1H3,(H2,17,20)(H,22,23). The Morgan fingerprint density at radius 1 is 1.26 bits per heavy atom. The summed E-state index contributed by atoms with van der Waals surface area (Å²) in [6.45, 7) is 2.75. The number of likely N-dealkylation sites (tertiary alicyclic amines) is 1. The molecule has 0 saturated carbocycles. The van der Waals surface area contributed by atoms with Crippen LogP contribution >= 0.6 is 0 Å². The van der Waals surface area contributed by atoms with E-state index in [4.69, 9.17) is 10.8 Å². The predicted octanol–water partition coefficient (Wildman–Crippen LogP) is 1.44. The van der Waals surface area contributed by atoms with Crippen molar-refractivity contribution in [1.82, 2.24) is 9.80 Å². The number of carbonyl (C=O) groups excluding carboxylic acids is 2. The lowest BCUT2D eigenvalue weighted by molar-refractivity contribution is 0.0520. The van der Waals surface area contributed by atoms with Crippen LogP contribution in [0.4, 0.5) is 4.79 Å². The largest absolute Gasteiger partial charge is 0.465 e.